The van der Waals surface area contributed by atoms with Crippen LogP contribution in [0.2, 0.25) is 0 Å². The number of halogens is 2. The molecule has 0 aliphatic rings. The first-order valence-electron chi connectivity index (χ1n) is 4.00. The maximum Gasteiger partial charge on any atom is 0.178 e. The van der Waals surface area contributed by atoms with Crippen molar-refractivity contribution in [2.24, 2.45) is 0 Å². The van der Waals surface area contributed by atoms with Gasteiger partial charge in [-0.3, -0.25) is 4.79 Å². The van der Waals surface area contributed by atoms with E-state index in [-0.39, 0.29) is 17.2 Å². The molecule has 0 radical (unpaired) electrons. The molecule has 0 aliphatic heterocycles. The Morgan fingerprint density at radius 3 is 2.80 bits per heavy atom. The van der Waals surface area contributed by atoms with Crippen molar-refractivity contribution in [2.45, 2.75) is 0 Å². The lowest BCUT2D eigenvalue weighted by molar-refractivity contribution is 0.102. The molecule has 1 aromatic carbocycles. The SMILES string of the molecule is COc1cc(C#N)c(C(=O)CCl)cc1I. The third-order valence-electron chi connectivity index (χ3n) is 1.83. The third kappa shape index (κ3) is 2.61. The Bertz CT molecular complexity index is 440. The molecule has 0 heterocycles. The molecule has 78 valence electrons. The van der Waals surface area contributed by atoms with E-state index in [1.165, 1.54) is 7.11 Å². The monoisotopic (exact) mass is 335 g/mol. The summed E-state index contributed by atoms with van der Waals surface area (Å²) in [5, 5.41) is 8.87. The minimum atomic E-state index is -0.256. The van der Waals surface area contributed by atoms with E-state index in [0.717, 1.165) is 3.57 Å². The van der Waals surface area contributed by atoms with E-state index in [1.54, 1.807) is 12.1 Å². The fourth-order valence-electron chi connectivity index (χ4n) is 1.11. The average Bonchev–Trinajstić information content (AvgIpc) is 2.27. The predicted octanol–water partition coefficient (Wildman–Crippen LogP) is 2.59. The second-order valence-electron chi connectivity index (χ2n) is 2.70. The summed E-state index contributed by atoms with van der Waals surface area (Å²) in [4.78, 5) is 11.4. The number of hydrogen-bond acceptors (Lipinski definition) is 3. The van der Waals surface area contributed by atoms with Gasteiger partial charge in [-0.1, -0.05) is 0 Å². The van der Waals surface area contributed by atoms with Crippen LogP contribution in [0.5, 0.6) is 5.75 Å². The highest BCUT2D eigenvalue weighted by atomic mass is 127. The summed E-state index contributed by atoms with van der Waals surface area (Å²) < 4.78 is 5.83. The minimum absolute atomic E-state index is 0.128. The van der Waals surface area contributed by atoms with E-state index in [1.807, 2.05) is 28.7 Å². The summed E-state index contributed by atoms with van der Waals surface area (Å²) in [5.41, 5.74) is 0.635. The molecule has 0 bridgehead atoms. The van der Waals surface area contributed by atoms with Gasteiger partial charge >= 0.3 is 0 Å². The van der Waals surface area contributed by atoms with E-state index >= 15 is 0 Å². The van der Waals surface area contributed by atoms with Crippen molar-refractivity contribution in [3.05, 3.63) is 26.8 Å². The van der Waals surface area contributed by atoms with Crippen molar-refractivity contribution in [1.82, 2.24) is 0 Å². The molecule has 0 spiro atoms. The Hall–Kier alpha value is -0.800. The van der Waals surface area contributed by atoms with Gasteiger partial charge in [-0.05, 0) is 34.7 Å². The van der Waals surface area contributed by atoms with E-state index in [9.17, 15) is 4.79 Å². The lowest BCUT2D eigenvalue weighted by Gasteiger charge is -2.06. The van der Waals surface area contributed by atoms with E-state index in [4.69, 9.17) is 21.6 Å². The van der Waals surface area contributed by atoms with Crippen molar-refractivity contribution in [3.8, 4) is 11.8 Å². The number of rotatable bonds is 3. The number of alkyl halides is 1. The Morgan fingerprint density at radius 2 is 2.33 bits per heavy atom. The van der Waals surface area contributed by atoms with Crippen LogP contribution in [0.3, 0.4) is 0 Å². The highest BCUT2D eigenvalue weighted by Crippen LogP contribution is 2.25. The molecule has 0 N–H and O–H groups in total. The van der Waals surface area contributed by atoms with Crippen molar-refractivity contribution < 1.29 is 9.53 Å². The summed E-state index contributed by atoms with van der Waals surface area (Å²) in [6.45, 7) is 0. The first kappa shape index (κ1) is 12.3. The van der Waals surface area contributed by atoms with Crippen molar-refractivity contribution >= 4 is 40.0 Å². The molecule has 15 heavy (non-hydrogen) atoms. The number of ether oxygens (including phenoxy) is 1. The number of ketones is 1. The molecule has 0 unspecified atom stereocenters. The Balaban J connectivity index is 3.35. The summed E-state index contributed by atoms with van der Waals surface area (Å²) in [6.07, 6.45) is 0. The molecular weight excluding hydrogens is 328 g/mol. The molecule has 0 saturated heterocycles. The number of methoxy groups -OCH3 is 1. The van der Waals surface area contributed by atoms with E-state index in [0.29, 0.717) is 11.3 Å². The topological polar surface area (TPSA) is 50.1 Å². The van der Waals surface area contributed by atoms with Gasteiger partial charge < -0.3 is 4.74 Å². The maximum absolute atomic E-state index is 11.4. The van der Waals surface area contributed by atoms with Crippen LogP contribution in [0.25, 0.3) is 0 Å². The standard InChI is InChI=1S/C10H7ClINO2/c1-15-10-2-6(5-13)7(3-8(10)12)9(14)4-11/h2-3H,4H2,1H3. The highest BCUT2D eigenvalue weighted by molar-refractivity contribution is 14.1. The van der Waals surface area contributed by atoms with Gasteiger partial charge in [0.25, 0.3) is 0 Å². The quantitative estimate of drug-likeness (QED) is 0.485. The Kier molecular flexibility index (Phi) is 4.36. The molecule has 0 aromatic heterocycles. The van der Waals surface area contributed by atoms with Gasteiger partial charge in [-0.2, -0.15) is 5.26 Å². The zero-order valence-corrected chi connectivity index (χ0v) is 10.8. The van der Waals surface area contributed by atoms with Crippen LogP contribution in [0, 0.1) is 14.9 Å². The molecule has 1 rings (SSSR count). The number of carbonyl (C=O) groups excluding carboxylic acids is 1. The fraction of sp³-hybridized carbons (Fsp3) is 0.200. The summed E-state index contributed by atoms with van der Waals surface area (Å²) in [6, 6.07) is 5.11. The zero-order chi connectivity index (χ0) is 11.4. The highest BCUT2D eigenvalue weighted by Gasteiger charge is 2.14. The van der Waals surface area contributed by atoms with Crippen LogP contribution in [0.4, 0.5) is 0 Å². The first-order valence-corrected chi connectivity index (χ1v) is 5.62. The lowest BCUT2D eigenvalue weighted by atomic mass is 10.1. The maximum atomic E-state index is 11.4. The minimum Gasteiger partial charge on any atom is -0.496 e. The molecule has 0 atom stereocenters. The summed E-state index contributed by atoms with van der Waals surface area (Å²) >= 11 is 7.49. The normalized spacial score (nSPS) is 9.47. The third-order valence-corrected chi connectivity index (χ3v) is 2.92. The van der Waals surface area contributed by atoms with Crippen LogP contribution in [-0.2, 0) is 0 Å². The molecule has 0 fully saturated rings. The molecule has 1 aromatic rings. The van der Waals surface area contributed by atoms with Crippen LogP contribution in [-0.4, -0.2) is 18.8 Å². The second kappa shape index (κ2) is 5.33. The first-order chi connectivity index (χ1) is 7.13. The number of hydrogen-bond donors (Lipinski definition) is 0. The molecule has 0 saturated carbocycles. The Morgan fingerprint density at radius 1 is 1.67 bits per heavy atom. The largest absolute Gasteiger partial charge is 0.496 e. The Labute approximate surface area is 106 Å². The number of carbonyl (C=O) groups is 1. The molecular formula is C10H7ClINO2. The zero-order valence-electron chi connectivity index (χ0n) is 7.88. The van der Waals surface area contributed by atoms with Crippen molar-refractivity contribution in [3.63, 3.8) is 0 Å². The van der Waals surface area contributed by atoms with E-state index < -0.39 is 0 Å². The molecule has 0 aliphatic carbocycles. The van der Waals surface area contributed by atoms with Crippen molar-refractivity contribution in [1.29, 1.82) is 5.26 Å². The average molecular weight is 336 g/mol. The van der Waals surface area contributed by atoms with Gasteiger partial charge in [-0.15, -0.1) is 11.6 Å². The van der Waals surface area contributed by atoms with Gasteiger partial charge in [0, 0.05) is 5.56 Å². The smallest absolute Gasteiger partial charge is 0.178 e. The molecule has 0 amide bonds. The van der Waals surface area contributed by atoms with Gasteiger partial charge in [0.15, 0.2) is 5.78 Å². The fourth-order valence-corrected chi connectivity index (χ4v) is 1.94. The van der Waals surface area contributed by atoms with Gasteiger partial charge in [0.05, 0.1) is 22.1 Å². The van der Waals surface area contributed by atoms with Crippen LogP contribution in [0.15, 0.2) is 12.1 Å². The van der Waals surface area contributed by atoms with Crippen molar-refractivity contribution in [2.75, 3.05) is 13.0 Å². The number of Topliss-reactive ketones (excluding diaryl/α,β-unsaturated/α-hetero) is 1. The van der Waals surface area contributed by atoms with Gasteiger partial charge in [0.1, 0.15) is 11.8 Å². The van der Waals surface area contributed by atoms with E-state index in [2.05, 4.69) is 0 Å². The number of nitrogens with zero attached hydrogens (tertiary/aromatic N) is 1. The predicted molar refractivity (Wildman–Crippen MR) is 65.5 cm³/mol. The second-order valence-corrected chi connectivity index (χ2v) is 4.13. The van der Waals surface area contributed by atoms with Gasteiger partial charge in [-0.25, -0.2) is 0 Å². The molecule has 3 nitrogen and oxygen atoms in total. The van der Waals surface area contributed by atoms with Crippen LogP contribution < -0.4 is 4.74 Å². The van der Waals surface area contributed by atoms with Gasteiger partial charge in [0.2, 0.25) is 0 Å². The number of benzene rings is 1. The van der Waals surface area contributed by atoms with Crippen LogP contribution in [0.1, 0.15) is 15.9 Å². The number of nitriles is 1. The summed E-state index contributed by atoms with van der Waals surface area (Å²) in [5.74, 6) is 0.198. The molecule has 5 heteroatoms. The lowest BCUT2D eigenvalue weighted by Crippen LogP contribution is -2.04. The van der Waals surface area contributed by atoms with Crippen LogP contribution >= 0.6 is 34.2 Å². The summed E-state index contributed by atoms with van der Waals surface area (Å²) in [7, 11) is 1.52.